The van der Waals surface area contributed by atoms with Crippen LogP contribution in [0.25, 0.3) is 0 Å². The Hall–Kier alpha value is -1.80. The second-order valence-electron chi connectivity index (χ2n) is 5.83. The highest BCUT2D eigenvalue weighted by Crippen LogP contribution is 2.16. The third-order valence-corrected chi connectivity index (χ3v) is 4.02. The summed E-state index contributed by atoms with van der Waals surface area (Å²) >= 11 is 5.17. The minimum atomic E-state index is -2.80. The molecule has 0 radical (unpaired) electrons. The maximum Gasteiger partial charge on any atom is 0.387 e. The van der Waals surface area contributed by atoms with Gasteiger partial charge >= 0.3 is 6.61 Å². The largest absolute Gasteiger partial charge is 0.435 e. The summed E-state index contributed by atoms with van der Waals surface area (Å²) in [4.78, 5) is 0. The molecule has 25 heavy (non-hydrogen) atoms. The lowest BCUT2D eigenvalue weighted by atomic mass is 10.1. The molecule has 2 N–H and O–H groups in total. The van der Waals surface area contributed by atoms with Crippen LogP contribution >= 0.6 is 12.2 Å². The van der Waals surface area contributed by atoms with E-state index in [1.54, 1.807) is 12.1 Å². The van der Waals surface area contributed by atoms with Crippen molar-refractivity contribution in [3.05, 3.63) is 29.8 Å². The van der Waals surface area contributed by atoms with Gasteiger partial charge in [-0.3, -0.25) is 5.43 Å². The summed E-state index contributed by atoms with van der Waals surface area (Å²) in [5.74, 6) is 0.161. The Labute approximate surface area is 151 Å². The van der Waals surface area contributed by atoms with E-state index in [4.69, 9.17) is 17.0 Å². The predicted molar refractivity (Wildman–Crippen MR) is 97.2 cm³/mol. The molecule has 1 aromatic rings. The van der Waals surface area contributed by atoms with Gasteiger partial charge in [-0.15, -0.1) is 0 Å². The lowest BCUT2D eigenvalue weighted by Gasteiger charge is -2.12. The fourth-order valence-electron chi connectivity index (χ4n) is 2.42. The molecule has 0 saturated carbocycles. The van der Waals surface area contributed by atoms with Gasteiger partial charge in [0.2, 0.25) is 0 Å². The molecular weight excluding hydrogens is 348 g/mol. The van der Waals surface area contributed by atoms with E-state index < -0.39 is 6.61 Å². The van der Waals surface area contributed by atoms with Gasteiger partial charge in [0.25, 0.3) is 0 Å². The molecule has 0 bridgehead atoms. The van der Waals surface area contributed by atoms with Gasteiger partial charge in [0.15, 0.2) is 5.11 Å². The first kappa shape index (κ1) is 19.5. The number of hydrazone groups is 1. The van der Waals surface area contributed by atoms with Gasteiger partial charge in [0.1, 0.15) is 5.75 Å². The first-order chi connectivity index (χ1) is 12.0. The Morgan fingerprint density at radius 3 is 2.80 bits per heavy atom. The topological polar surface area (TPSA) is 54.9 Å². The molecule has 0 amide bonds. The van der Waals surface area contributed by atoms with Gasteiger partial charge < -0.3 is 14.8 Å². The van der Waals surface area contributed by atoms with Crippen molar-refractivity contribution in [2.24, 2.45) is 5.10 Å². The van der Waals surface area contributed by atoms with E-state index in [1.165, 1.54) is 12.1 Å². The second kappa shape index (κ2) is 10.2. The molecule has 1 aliphatic rings. The lowest BCUT2D eigenvalue weighted by molar-refractivity contribution is -0.0498. The van der Waals surface area contributed by atoms with E-state index in [2.05, 4.69) is 20.6 Å². The number of benzene rings is 1. The van der Waals surface area contributed by atoms with Gasteiger partial charge in [-0.25, -0.2) is 0 Å². The van der Waals surface area contributed by atoms with Crippen LogP contribution in [0.3, 0.4) is 0 Å². The molecule has 1 aliphatic heterocycles. The van der Waals surface area contributed by atoms with Crippen molar-refractivity contribution < 1.29 is 18.3 Å². The molecule has 1 saturated heterocycles. The van der Waals surface area contributed by atoms with Crippen molar-refractivity contribution in [2.45, 2.75) is 45.3 Å². The minimum absolute atomic E-state index is 0.161. The Morgan fingerprint density at radius 2 is 2.16 bits per heavy atom. The van der Waals surface area contributed by atoms with E-state index in [9.17, 15) is 8.78 Å². The monoisotopic (exact) mass is 371 g/mol. The van der Waals surface area contributed by atoms with Crippen LogP contribution in [0.2, 0.25) is 0 Å². The first-order valence-electron chi connectivity index (χ1n) is 8.25. The average Bonchev–Trinajstić information content (AvgIpc) is 3.10. The van der Waals surface area contributed by atoms with Crippen LogP contribution in [-0.4, -0.2) is 36.7 Å². The summed E-state index contributed by atoms with van der Waals surface area (Å²) in [6.45, 7) is 0.611. The SMILES string of the molecule is C/C(CCc1ccc(OC(F)F)cc1)=N/NC(=S)NC[C@H]1CCCO1. The first-order valence-corrected chi connectivity index (χ1v) is 8.66. The number of rotatable bonds is 8. The van der Waals surface area contributed by atoms with Crippen LogP contribution in [0.15, 0.2) is 29.4 Å². The molecule has 8 heteroatoms. The maximum atomic E-state index is 12.1. The summed E-state index contributed by atoms with van der Waals surface area (Å²) in [6.07, 6.45) is 3.86. The van der Waals surface area contributed by atoms with Gasteiger partial charge in [-0.1, -0.05) is 12.1 Å². The van der Waals surface area contributed by atoms with E-state index >= 15 is 0 Å². The number of hydrogen-bond donors (Lipinski definition) is 2. The fourth-order valence-corrected chi connectivity index (χ4v) is 2.55. The third kappa shape index (κ3) is 7.74. The molecule has 0 spiro atoms. The molecule has 2 rings (SSSR count). The molecule has 1 aromatic carbocycles. The van der Waals surface area contributed by atoms with E-state index in [-0.39, 0.29) is 11.9 Å². The summed E-state index contributed by atoms with van der Waals surface area (Å²) < 4.78 is 34.0. The summed E-state index contributed by atoms with van der Waals surface area (Å²) in [5.41, 5.74) is 4.74. The third-order valence-electron chi connectivity index (χ3n) is 3.79. The van der Waals surface area contributed by atoms with E-state index in [0.717, 1.165) is 43.6 Å². The fraction of sp³-hybridized carbons (Fsp3) is 0.529. The zero-order valence-electron chi connectivity index (χ0n) is 14.1. The molecule has 5 nitrogen and oxygen atoms in total. The minimum Gasteiger partial charge on any atom is -0.435 e. The van der Waals surface area contributed by atoms with Crippen LogP contribution < -0.4 is 15.5 Å². The summed E-state index contributed by atoms with van der Waals surface area (Å²) in [7, 11) is 0. The molecule has 1 heterocycles. The van der Waals surface area contributed by atoms with Crippen molar-refractivity contribution in [3.8, 4) is 5.75 Å². The number of ether oxygens (including phenoxy) is 2. The number of halogens is 2. The van der Waals surface area contributed by atoms with Crippen molar-refractivity contribution in [2.75, 3.05) is 13.2 Å². The van der Waals surface area contributed by atoms with E-state index in [0.29, 0.717) is 11.7 Å². The van der Waals surface area contributed by atoms with Crippen molar-refractivity contribution in [1.29, 1.82) is 0 Å². The number of alkyl halides is 2. The van der Waals surface area contributed by atoms with Gasteiger partial charge in [-0.05, 0) is 62.5 Å². The molecule has 138 valence electrons. The highest BCUT2D eigenvalue weighted by molar-refractivity contribution is 7.80. The quantitative estimate of drug-likeness (QED) is 0.417. The highest BCUT2D eigenvalue weighted by atomic mass is 32.1. The normalized spacial score (nSPS) is 17.6. The van der Waals surface area contributed by atoms with Crippen LogP contribution in [0.1, 0.15) is 31.7 Å². The average molecular weight is 371 g/mol. The second-order valence-corrected chi connectivity index (χ2v) is 6.23. The summed E-state index contributed by atoms with van der Waals surface area (Å²) in [5, 5.41) is 7.80. The van der Waals surface area contributed by atoms with Gasteiger partial charge in [0.05, 0.1) is 6.10 Å². The Morgan fingerprint density at radius 1 is 1.40 bits per heavy atom. The maximum absolute atomic E-state index is 12.1. The zero-order chi connectivity index (χ0) is 18.1. The smallest absolute Gasteiger partial charge is 0.387 e. The number of nitrogens with one attached hydrogen (secondary N) is 2. The van der Waals surface area contributed by atoms with Crippen molar-refractivity contribution in [3.63, 3.8) is 0 Å². The Balaban J connectivity index is 1.67. The molecule has 0 aromatic heterocycles. The van der Waals surface area contributed by atoms with Crippen LogP contribution in [-0.2, 0) is 11.2 Å². The van der Waals surface area contributed by atoms with Crippen LogP contribution in [0.5, 0.6) is 5.75 Å². The van der Waals surface area contributed by atoms with Crippen LogP contribution in [0, 0.1) is 0 Å². The van der Waals surface area contributed by atoms with Gasteiger partial charge in [0, 0.05) is 18.9 Å². The predicted octanol–water partition coefficient (Wildman–Crippen LogP) is 3.24. The number of hydrogen-bond acceptors (Lipinski definition) is 4. The highest BCUT2D eigenvalue weighted by Gasteiger charge is 2.15. The zero-order valence-corrected chi connectivity index (χ0v) is 15.0. The lowest BCUT2D eigenvalue weighted by Crippen LogP contribution is -2.37. The van der Waals surface area contributed by atoms with Crippen molar-refractivity contribution >= 4 is 23.0 Å². The van der Waals surface area contributed by atoms with Crippen LogP contribution in [0.4, 0.5) is 8.78 Å². The van der Waals surface area contributed by atoms with E-state index in [1.807, 2.05) is 6.92 Å². The standard InChI is InChI=1S/C17H23F2N3O2S/c1-12(21-22-17(25)20-11-15-3-2-10-23-15)4-5-13-6-8-14(9-7-13)24-16(18)19/h6-9,15-16H,2-5,10-11H2,1H3,(H2,20,22,25)/b21-12-/t15-/m1/s1. The number of aryl methyl sites for hydroxylation is 1. The van der Waals surface area contributed by atoms with Crippen molar-refractivity contribution in [1.82, 2.24) is 10.7 Å². The molecule has 1 fully saturated rings. The molecule has 1 atom stereocenters. The van der Waals surface area contributed by atoms with Gasteiger partial charge in [-0.2, -0.15) is 13.9 Å². The summed E-state index contributed by atoms with van der Waals surface area (Å²) in [6, 6.07) is 6.62. The molecule has 0 aliphatic carbocycles. The number of nitrogens with zero attached hydrogens (tertiary/aromatic N) is 1. The molecule has 0 unspecified atom stereocenters. The molecular formula is C17H23F2N3O2S. The number of thiocarbonyl (C=S) groups is 1. The Kier molecular flexibility index (Phi) is 8.00. The Bertz CT molecular complexity index is 576.